The van der Waals surface area contributed by atoms with E-state index in [1.807, 2.05) is 18.2 Å². The number of rotatable bonds is 5. The lowest BCUT2D eigenvalue weighted by molar-refractivity contribution is -0.134. The molecule has 0 spiro atoms. The molecule has 3 nitrogen and oxygen atoms in total. The van der Waals surface area contributed by atoms with E-state index in [0.29, 0.717) is 6.42 Å². The van der Waals surface area contributed by atoms with Crippen LogP contribution in [-0.4, -0.2) is 19.7 Å². The Bertz CT molecular complexity index is 324. The van der Waals surface area contributed by atoms with E-state index in [1.54, 1.807) is 0 Å². The van der Waals surface area contributed by atoms with Gasteiger partial charge in [-0.1, -0.05) is 19.4 Å². The zero-order chi connectivity index (χ0) is 11.8. The topological polar surface area (TPSA) is 35.5 Å². The Hall–Kier alpha value is -1.51. The second-order valence-electron chi connectivity index (χ2n) is 3.59. The van der Waals surface area contributed by atoms with Crippen molar-refractivity contribution in [1.82, 2.24) is 0 Å². The summed E-state index contributed by atoms with van der Waals surface area (Å²) in [5.41, 5.74) is 0.940. The number of methoxy groups -OCH3 is 1. The van der Waals surface area contributed by atoms with Gasteiger partial charge in [0.25, 0.3) is 0 Å². The number of carbonyl (C=O) groups is 1. The first-order valence-corrected chi connectivity index (χ1v) is 5.55. The number of ether oxygens (including phenoxy) is 2. The van der Waals surface area contributed by atoms with Crippen molar-refractivity contribution < 1.29 is 14.3 Å². The molecule has 0 saturated heterocycles. The molecule has 0 fully saturated rings. The Morgan fingerprint density at radius 1 is 1.50 bits per heavy atom. The van der Waals surface area contributed by atoms with Crippen molar-refractivity contribution in [3.63, 3.8) is 0 Å². The van der Waals surface area contributed by atoms with E-state index < -0.39 is 0 Å². The normalized spacial score (nSPS) is 17.1. The molecule has 0 unspecified atom stereocenters. The summed E-state index contributed by atoms with van der Waals surface area (Å²) in [4.78, 5) is 11.0. The standard InChI is InChI=1S/C13H18O3/c1-3-4-9-16-12-7-5-11(6-8-12)10-13(14)15-2/h5,7-8,10H,3-4,6,9H2,1-2H3. The van der Waals surface area contributed by atoms with E-state index >= 15 is 0 Å². The predicted octanol–water partition coefficient (Wildman–Crippen LogP) is 2.75. The van der Waals surface area contributed by atoms with Crippen molar-refractivity contribution in [1.29, 1.82) is 0 Å². The van der Waals surface area contributed by atoms with Crippen LogP contribution in [0.2, 0.25) is 0 Å². The van der Waals surface area contributed by atoms with Gasteiger partial charge in [-0.2, -0.15) is 0 Å². The predicted molar refractivity (Wildman–Crippen MR) is 62.8 cm³/mol. The van der Waals surface area contributed by atoms with E-state index in [-0.39, 0.29) is 5.97 Å². The Morgan fingerprint density at radius 3 is 2.88 bits per heavy atom. The minimum absolute atomic E-state index is 0.316. The molecule has 0 aromatic rings. The van der Waals surface area contributed by atoms with Crippen LogP contribution in [-0.2, 0) is 14.3 Å². The second-order valence-corrected chi connectivity index (χ2v) is 3.59. The first kappa shape index (κ1) is 12.6. The summed E-state index contributed by atoms with van der Waals surface area (Å²) in [6, 6.07) is 0. The van der Waals surface area contributed by atoms with Gasteiger partial charge < -0.3 is 9.47 Å². The number of allylic oxidation sites excluding steroid dienone is 4. The van der Waals surface area contributed by atoms with E-state index in [2.05, 4.69) is 11.7 Å². The van der Waals surface area contributed by atoms with Crippen molar-refractivity contribution in [3.8, 4) is 0 Å². The molecule has 3 heteroatoms. The second kappa shape index (κ2) is 6.88. The molecule has 0 saturated carbocycles. The minimum atomic E-state index is -0.316. The molecule has 1 aliphatic rings. The summed E-state index contributed by atoms with van der Waals surface area (Å²) >= 11 is 0. The zero-order valence-corrected chi connectivity index (χ0v) is 9.86. The Kier molecular flexibility index (Phi) is 5.40. The molecular formula is C13H18O3. The fraction of sp³-hybridized carbons (Fsp3) is 0.462. The molecule has 0 atom stereocenters. The Balaban J connectivity index is 2.40. The average molecular weight is 222 g/mol. The van der Waals surface area contributed by atoms with Gasteiger partial charge in [-0.15, -0.1) is 0 Å². The van der Waals surface area contributed by atoms with Crippen molar-refractivity contribution in [2.75, 3.05) is 13.7 Å². The van der Waals surface area contributed by atoms with Crippen molar-refractivity contribution >= 4 is 5.97 Å². The van der Waals surface area contributed by atoms with Gasteiger partial charge in [-0.3, -0.25) is 0 Å². The third-order valence-electron chi connectivity index (χ3n) is 2.27. The van der Waals surface area contributed by atoms with Gasteiger partial charge in [0.2, 0.25) is 0 Å². The molecular weight excluding hydrogens is 204 g/mol. The van der Waals surface area contributed by atoms with Crippen LogP contribution in [0.25, 0.3) is 0 Å². The highest BCUT2D eigenvalue weighted by Gasteiger charge is 2.04. The molecule has 1 aliphatic carbocycles. The van der Waals surface area contributed by atoms with Crippen LogP contribution >= 0.6 is 0 Å². The van der Waals surface area contributed by atoms with Crippen LogP contribution < -0.4 is 0 Å². The highest BCUT2D eigenvalue weighted by atomic mass is 16.5. The third kappa shape index (κ3) is 4.34. The summed E-state index contributed by atoms with van der Waals surface area (Å²) in [6.45, 7) is 2.88. The first-order valence-electron chi connectivity index (χ1n) is 5.55. The number of hydrogen-bond donors (Lipinski definition) is 0. The summed E-state index contributed by atoms with van der Waals surface area (Å²) in [5, 5.41) is 0. The maximum atomic E-state index is 11.0. The molecule has 88 valence electrons. The average Bonchev–Trinajstić information content (AvgIpc) is 2.31. The number of esters is 1. The van der Waals surface area contributed by atoms with Gasteiger partial charge in [-0.25, -0.2) is 4.79 Å². The van der Waals surface area contributed by atoms with Crippen LogP contribution in [0, 0.1) is 0 Å². The molecule has 1 rings (SSSR count). The lowest BCUT2D eigenvalue weighted by atomic mass is 10.1. The molecule has 16 heavy (non-hydrogen) atoms. The van der Waals surface area contributed by atoms with Crippen molar-refractivity contribution in [2.24, 2.45) is 0 Å². The summed E-state index contributed by atoms with van der Waals surface area (Å²) < 4.78 is 10.1. The van der Waals surface area contributed by atoms with Gasteiger partial charge >= 0.3 is 5.97 Å². The summed E-state index contributed by atoms with van der Waals surface area (Å²) in [6.07, 6.45) is 10.2. The Labute approximate surface area is 96.4 Å². The number of unbranched alkanes of at least 4 members (excludes halogenated alkanes) is 1. The fourth-order valence-corrected chi connectivity index (χ4v) is 1.30. The zero-order valence-electron chi connectivity index (χ0n) is 9.86. The molecule has 0 aromatic heterocycles. The lowest BCUT2D eigenvalue weighted by Crippen LogP contribution is -1.99. The monoisotopic (exact) mass is 222 g/mol. The molecule has 0 amide bonds. The van der Waals surface area contributed by atoms with Crippen LogP contribution in [0.5, 0.6) is 0 Å². The van der Waals surface area contributed by atoms with Gasteiger partial charge in [0, 0.05) is 6.08 Å². The van der Waals surface area contributed by atoms with E-state index in [1.165, 1.54) is 13.2 Å². The van der Waals surface area contributed by atoms with Gasteiger partial charge in [0.1, 0.15) is 5.76 Å². The summed E-state index contributed by atoms with van der Waals surface area (Å²) in [7, 11) is 1.38. The molecule has 0 N–H and O–H groups in total. The van der Waals surface area contributed by atoms with Crippen LogP contribution in [0.1, 0.15) is 26.2 Å². The maximum absolute atomic E-state index is 11.0. The molecule has 0 radical (unpaired) electrons. The quantitative estimate of drug-likeness (QED) is 0.407. The molecule has 0 aliphatic heterocycles. The Morgan fingerprint density at radius 2 is 2.31 bits per heavy atom. The largest absolute Gasteiger partial charge is 0.494 e. The SMILES string of the molecule is CCCCOC1=CCC(=CC(=O)OC)C=C1. The molecule has 0 aromatic carbocycles. The van der Waals surface area contributed by atoms with E-state index in [0.717, 1.165) is 30.8 Å². The lowest BCUT2D eigenvalue weighted by Gasteiger charge is -2.10. The fourth-order valence-electron chi connectivity index (χ4n) is 1.30. The number of carbonyl (C=O) groups excluding carboxylic acids is 1. The van der Waals surface area contributed by atoms with Crippen LogP contribution in [0.4, 0.5) is 0 Å². The highest BCUT2D eigenvalue weighted by molar-refractivity contribution is 5.83. The third-order valence-corrected chi connectivity index (χ3v) is 2.27. The molecule has 0 heterocycles. The summed E-state index contributed by atoms with van der Waals surface area (Å²) in [5.74, 6) is 0.568. The van der Waals surface area contributed by atoms with Crippen molar-refractivity contribution in [2.45, 2.75) is 26.2 Å². The van der Waals surface area contributed by atoms with Crippen molar-refractivity contribution in [3.05, 3.63) is 35.6 Å². The smallest absolute Gasteiger partial charge is 0.330 e. The number of hydrogen-bond acceptors (Lipinski definition) is 3. The van der Waals surface area contributed by atoms with Crippen LogP contribution in [0.15, 0.2) is 35.6 Å². The van der Waals surface area contributed by atoms with E-state index in [9.17, 15) is 4.79 Å². The van der Waals surface area contributed by atoms with Gasteiger partial charge in [-0.05, 0) is 30.6 Å². The van der Waals surface area contributed by atoms with E-state index in [4.69, 9.17) is 4.74 Å². The van der Waals surface area contributed by atoms with Crippen LogP contribution in [0.3, 0.4) is 0 Å². The first-order chi connectivity index (χ1) is 7.76. The van der Waals surface area contributed by atoms with Gasteiger partial charge in [0.15, 0.2) is 0 Å². The highest BCUT2D eigenvalue weighted by Crippen LogP contribution is 2.16. The maximum Gasteiger partial charge on any atom is 0.330 e. The molecule has 0 bridgehead atoms. The van der Waals surface area contributed by atoms with Gasteiger partial charge in [0.05, 0.1) is 13.7 Å². The minimum Gasteiger partial charge on any atom is -0.494 e.